The molecule has 0 unspecified atom stereocenters. The summed E-state index contributed by atoms with van der Waals surface area (Å²) in [7, 11) is -3.58. The van der Waals surface area contributed by atoms with Crippen LogP contribution in [0.5, 0.6) is 0 Å². The lowest BCUT2D eigenvalue weighted by atomic mass is 10.1. The zero-order valence-corrected chi connectivity index (χ0v) is 16.1. The fourth-order valence-electron chi connectivity index (χ4n) is 3.27. The summed E-state index contributed by atoms with van der Waals surface area (Å²) in [4.78, 5) is 39.5. The Bertz CT molecular complexity index is 1060. The van der Waals surface area contributed by atoms with Crippen molar-refractivity contribution in [2.24, 2.45) is 0 Å². The monoisotopic (exact) mass is 418 g/mol. The number of imide groups is 1. The Labute approximate surface area is 166 Å². The van der Waals surface area contributed by atoms with E-state index in [2.05, 4.69) is 0 Å². The van der Waals surface area contributed by atoms with E-state index in [1.807, 2.05) is 0 Å². The highest BCUT2D eigenvalue weighted by Crippen LogP contribution is 2.26. The quantitative estimate of drug-likeness (QED) is 0.703. The topological polar surface area (TPSA) is 91.8 Å². The molecule has 2 heterocycles. The molecule has 0 N–H and O–H groups in total. The number of carbonyl (C=O) groups excluding carboxylic acids is 3. The number of nitrogens with zero attached hydrogens (tertiary/aromatic N) is 2. The van der Waals surface area contributed by atoms with E-state index in [9.17, 15) is 22.8 Å². The Morgan fingerprint density at radius 3 is 2.04 bits per heavy atom. The van der Waals surface area contributed by atoms with Gasteiger partial charge in [-0.15, -0.1) is 0 Å². The van der Waals surface area contributed by atoms with E-state index in [0.717, 1.165) is 4.90 Å². The second kappa shape index (κ2) is 6.72. The number of fused-ring (bicyclic) bond motifs is 1. The number of sulfone groups is 1. The lowest BCUT2D eigenvalue weighted by Gasteiger charge is -2.39. The number of benzene rings is 2. The van der Waals surface area contributed by atoms with Crippen molar-refractivity contribution in [2.45, 2.75) is 10.1 Å². The summed E-state index contributed by atoms with van der Waals surface area (Å²) in [5, 5.41) is -0.287. The van der Waals surface area contributed by atoms with Crippen LogP contribution in [-0.2, 0) is 14.6 Å². The molecule has 1 fully saturated rings. The van der Waals surface area contributed by atoms with Gasteiger partial charge in [-0.2, -0.15) is 0 Å². The van der Waals surface area contributed by atoms with Gasteiger partial charge in [0.1, 0.15) is 11.8 Å². The Hall–Kier alpha value is -2.71. The lowest BCUT2D eigenvalue weighted by molar-refractivity contribution is -0.134. The normalized spacial score (nSPS) is 16.9. The minimum absolute atomic E-state index is 0.0208. The van der Waals surface area contributed by atoms with Crippen molar-refractivity contribution in [3.63, 3.8) is 0 Å². The Kier molecular flexibility index (Phi) is 4.47. The van der Waals surface area contributed by atoms with Crippen LogP contribution >= 0.6 is 11.6 Å². The number of rotatable bonds is 4. The largest absolute Gasteiger partial charge is 0.338 e. The summed E-state index contributed by atoms with van der Waals surface area (Å²) in [6.07, 6.45) is 0. The first kappa shape index (κ1) is 18.6. The number of halogens is 1. The Balaban J connectivity index is 1.40. The van der Waals surface area contributed by atoms with Crippen LogP contribution in [0.15, 0.2) is 53.4 Å². The van der Waals surface area contributed by atoms with Gasteiger partial charge in [-0.25, -0.2) is 8.42 Å². The van der Waals surface area contributed by atoms with Crippen LogP contribution in [0.3, 0.4) is 0 Å². The van der Waals surface area contributed by atoms with Gasteiger partial charge in [0.25, 0.3) is 11.8 Å². The van der Waals surface area contributed by atoms with Crippen molar-refractivity contribution in [3.05, 3.63) is 64.7 Å². The maximum absolute atomic E-state index is 12.6. The molecule has 2 aromatic carbocycles. The van der Waals surface area contributed by atoms with E-state index in [0.29, 0.717) is 5.02 Å². The summed E-state index contributed by atoms with van der Waals surface area (Å²) in [5.41, 5.74) is 0.541. The average molecular weight is 419 g/mol. The highest BCUT2D eigenvalue weighted by molar-refractivity contribution is 7.92. The van der Waals surface area contributed by atoms with E-state index in [-0.39, 0.29) is 29.1 Å². The second-order valence-corrected chi connectivity index (χ2v) is 9.33. The van der Waals surface area contributed by atoms with Crippen LogP contribution in [0, 0.1) is 0 Å². The third-order valence-electron chi connectivity index (χ3n) is 4.95. The van der Waals surface area contributed by atoms with E-state index in [1.165, 1.54) is 29.2 Å². The molecule has 9 heteroatoms. The van der Waals surface area contributed by atoms with E-state index in [4.69, 9.17) is 11.6 Å². The molecule has 0 aliphatic carbocycles. The summed E-state index contributed by atoms with van der Waals surface area (Å²) in [6, 6.07) is 12.2. The van der Waals surface area contributed by atoms with Crippen molar-refractivity contribution in [1.29, 1.82) is 0 Å². The highest BCUT2D eigenvalue weighted by Gasteiger charge is 2.43. The first-order valence-electron chi connectivity index (χ1n) is 8.51. The van der Waals surface area contributed by atoms with E-state index >= 15 is 0 Å². The number of carbonyl (C=O) groups is 3. The van der Waals surface area contributed by atoms with Gasteiger partial charge in [0.2, 0.25) is 5.91 Å². The molecule has 0 radical (unpaired) electrons. The summed E-state index contributed by atoms with van der Waals surface area (Å²) < 4.78 is 25.2. The van der Waals surface area contributed by atoms with Gasteiger partial charge in [0.05, 0.1) is 16.0 Å². The number of hydrogen-bond donors (Lipinski definition) is 0. The third-order valence-corrected chi connectivity index (χ3v) is 7.31. The summed E-state index contributed by atoms with van der Waals surface area (Å²) in [6.45, 7) is -0.361. The third kappa shape index (κ3) is 2.98. The SMILES string of the molecule is O=C(CN1C(=O)c2ccccc2C1=O)N1CC(S(=O)(=O)c2ccc(Cl)cc2)C1. The van der Waals surface area contributed by atoms with Crippen LogP contribution in [0.25, 0.3) is 0 Å². The van der Waals surface area contributed by atoms with Gasteiger partial charge in [-0.05, 0) is 36.4 Å². The van der Waals surface area contributed by atoms with Gasteiger partial charge in [-0.1, -0.05) is 23.7 Å². The van der Waals surface area contributed by atoms with E-state index < -0.39 is 39.4 Å². The van der Waals surface area contributed by atoms with Crippen molar-refractivity contribution in [1.82, 2.24) is 9.80 Å². The molecule has 0 saturated carbocycles. The molecular formula is C19H15ClN2O5S. The Morgan fingerprint density at radius 1 is 0.964 bits per heavy atom. The Morgan fingerprint density at radius 2 is 1.50 bits per heavy atom. The number of likely N-dealkylation sites (tertiary alicyclic amines) is 1. The lowest BCUT2D eigenvalue weighted by Crippen LogP contribution is -2.59. The number of hydrogen-bond acceptors (Lipinski definition) is 5. The van der Waals surface area contributed by atoms with Crippen LogP contribution in [0.1, 0.15) is 20.7 Å². The molecule has 0 atom stereocenters. The molecule has 2 aromatic rings. The van der Waals surface area contributed by atoms with Gasteiger partial charge in [0.15, 0.2) is 9.84 Å². The molecule has 7 nitrogen and oxygen atoms in total. The second-order valence-electron chi connectivity index (χ2n) is 6.66. The van der Waals surface area contributed by atoms with Gasteiger partial charge >= 0.3 is 0 Å². The van der Waals surface area contributed by atoms with E-state index in [1.54, 1.807) is 24.3 Å². The summed E-state index contributed by atoms with van der Waals surface area (Å²) in [5.74, 6) is -1.49. The molecule has 2 aliphatic rings. The first-order valence-corrected chi connectivity index (χ1v) is 10.4. The fraction of sp³-hybridized carbons (Fsp3) is 0.211. The molecule has 4 rings (SSSR count). The molecule has 0 aromatic heterocycles. The number of amides is 3. The molecule has 3 amide bonds. The molecule has 144 valence electrons. The highest BCUT2D eigenvalue weighted by atomic mass is 35.5. The molecule has 28 heavy (non-hydrogen) atoms. The molecule has 0 bridgehead atoms. The first-order chi connectivity index (χ1) is 13.3. The maximum Gasteiger partial charge on any atom is 0.262 e. The van der Waals surface area contributed by atoms with Crippen LogP contribution < -0.4 is 0 Å². The average Bonchev–Trinajstić information content (AvgIpc) is 2.86. The van der Waals surface area contributed by atoms with Crippen molar-refractivity contribution in [3.8, 4) is 0 Å². The van der Waals surface area contributed by atoms with Crippen LogP contribution in [-0.4, -0.2) is 60.8 Å². The molecule has 2 aliphatic heterocycles. The fourth-order valence-corrected chi connectivity index (χ4v) is 5.05. The predicted molar refractivity (Wildman–Crippen MR) is 101 cm³/mol. The van der Waals surface area contributed by atoms with Crippen LogP contribution in [0.4, 0.5) is 0 Å². The molecular weight excluding hydrogens is 404 g/mol. The minimum Gasteiger partial charge on any atom is -0.338 e. The summed E-state index contributed by atoms with van der Waals surface area (Å²) >= 11 is 5.78. The molecule has 1 saturated heterocycles. The predicted octanol–water partition coefficient (Wildman–Crippen LogP) is 1.62. The zero-order valence-electron chi connectivity index (χ0n) is 14.5. The van der Waals surface area contributed by atoms with Gasteiger partial charge in [0, 0.05) is 18.1 Å². The van der Waals surface area contributed by atoms with Gasteiger partial charge < -0.3 is 4.90 Å². The van der Waals surface area contributed by atoms with Crippen molar-refractivity contribution in [2.75, 3.05) is 19.6 Å². The standard InChI is InChI=1S/C19H15ClN2O5S/c20-12-5-7-13(8-6-12)28(26,27)14-9-21(10-14)17(23)11-22-18(24)15-3-1-2-4-16(15)19(22)25/h1-8,14H,9-11H2. The zero-order chi connectivity index (χ0) is 20.1. The maximum atomic E-state index is 12.6. The van der Waals surface area contributed by atoms with Gasteiger partial charge in [-0.3, -0.25) is 19.3 Å². The molecule has 0 spiro atoms. The van der Waals surface area contributed by atoms with Crippen molar-refractivity contribution < 1.29 is 22.8 Å². The smallest absolute Gasteiger partial charge is 0.262 e. The van der Waals surface area contributed by atoms with Crippen molar-refractivity contribution >= 4 is 39.2 Å². The van der Waals surface area contributed by atoms with Crippen LogP contribution in [0.2, 0.25) is 5.02 Å². The minimum atomic E-state index is -3.58.